The molecule has 0 bridgehead atoms. The van der Waals surface area contributed by atoms with Gasteiger partial charge in [-0.2, -0.15) is 23.7 Å². The van der Waals surface area contributed by atoms with Crippen LogP contribution < -0.4 is 4.90 Å². The number of hydrogen-bond donors (Lipinski definition) is 0. The van der Waals surface area contributed by atoms with E-state index in [9.17, 15) is 22.8 Å². The van der Waals surface area contributed by atoms with Crippen LogP contribution in [0.3, 0.4) is 0 Å². The van der Waals surface area contributed by atoms with Crippen molar-refractivity contribution in [3.63, 3.8) is 0 Å². The molecule has 0 aromatic heterocycles. The standard InChI is InChI=1S/C18H11F4N3/c19-14-6-11-2-1-5-25(17(11)13(7-14)10-24)15-3-4-16(18(20,21)22)12(8-15)9-23/h3-4,6-8H,1-2,5H2. The molecule has 126 valence electrons. The Bertz CT molecular complexity index is 920. The number of rotatable bonds is 1. The monoisotopic (exact) mass is 345 g/mol. The zero-order valence-corrected chi connectivity index (χ0v) is 12.9. The number of nitrogens with zero attached hydrogens (tertiary/aromatic N) is 3. The minimum Gasteiger partial charge on any atom is -0.340 e. The fourth-order valence-electron chi connectivity index (χ4n) is 3.09. The number of hydrogen-bond acceptors (Lipinski definition) is 3. The highest BCUT2D eigenvalue weighted by Gasteiger charge is 2.34. The van der Waals surface area contributed by atoms with Crippen LogP contribution in [0.1, 0.15) is 28.7 Å². The first-order chi connectivity index (χ1) is 11.8. The van der Waals surface area contributed by atoms with Crippen molar-refractivity contribution >= 4 is 11.4 Å². The van der Waals surface area contributed by atoms with E-state index >= 15 is 0 Å². The molecule has 0 amide bonds. The first kappa shape index (κ1) is 16.8. The van der Waals surface area contributed by atoms with Crippen molar-refractivity contribution in [2.75, 3.05) is 11.4 Å². The van der Waals surface area contributed by atoms with Gasteiger partial charge in [-0.1, -0.05) is 0 Å². The molecule has 1 heterocycles. The molecule has 25 heavy (non-hydrogen) atoms. The Balaban J connectivity index is 2.15. The van der Waals surface area contributed by atoms with Crippen LogP contribution in [0.25, 0.3) is 0 Å². The number of fused-ring (bicyclic) bond motifs is 1. The van der Waals surface area contributed by atoms with E-state index < -0.39 is 23.1 Å². The Labute approximate surface area is 141 Å². The lowest BCUT2D eigenvalue weighted by Crippen LogP contribution is -2.26. The molecule has 3 rings (SSSR count). The molecule has 2 aromatic carbocycles. The molecule has 0 saturated heterocycles. The molecule has 7 heteroatoms. The van der Waals surface area contributed by atoms with Gasteiger partial charge < -0.3 is 4.90 Å². The molecule has 3 nitrogen and oxygen atoms in total. The van der Waals surface area contributed by atoms with Crippen molar-refractivity contribution in [1.82, 2.24) is 0 Å². The highest BCUT2D eigenvalue weighted by molar-refractivity contribution is 5.75. The Morgan fingerprint density at radius 1 is 1.00 bits per heavy atom. The molecule has 1 aliphatic rings. The Kier molecular flexibility index (Phi) is 4.10. The van der Waals surface area contributed by atoms with Crippen LogP contribution in [0, 0.1) is 28.5 Å². The summed E-state index contributed by atoms with van der Waals surface area (Å²) in [5.41, 5.74) is 0.107. The maximum absolute atomic E-state index is 13.6. The van der Waals surface area contributed by atoms with Crippen LogP contribution in [-0.4, -0.2) is 6.54 Å². The number of aryl methyl sites for hydroxylation is 1. The van der Waals surface area contributed by atoms with Crippen LogP contribution in [0.2, 0.25) is 0 Å². The van der Waals surface area contributed by atoms with Gasteiger partial charge in [0.1, 0.15) is 11.9 Å². The normalized spacial score (nSPS) is 13.8. The van der Waals surface area contributed by atoms with Crippen LogP contribution >= 0.6 is 0 Å². The molecule has 1 aliphatic heterocycles. The van der Waals surface area contributed by atoms with E-state index in [4.69, 9.17) is 5.26 Å². The number of anilines is 2. The quantitative estimate of drug-likeness (QED) is 0.706. The molecular weight excluding hydrogens is 334 g/mol. The van der Waals surface area contributed by atoms with E-state index in [1.165, 1.54) is 12.1 Å². The second-order valence-electron chi connectivity index (χ2n) is 5.67. The smallest absolute Gasteiger partial charge is 0.340 e. The van der Waals surface area contributed by atoms with Gasteiger partial charge >= 0.3 is 6.18 Å². The SMILES string of the molecule is N#Cc1cc(N2CCCc3cc(F)cc(C#N)c32)ccc1C(F)(F)F. The van der Waals surface area contributed by atoms with Crippen LogP contribution in [-0.2, 0) is 12.6 Å². The first-order valence-electron chi connectivity index (χ1n) is 7.46. The average molecular weight is 345 g/mol. The largest absolute Gasteiger partial charge is 0.417 e. The molecule has 0 radical (unpaired) electrons. The molecule has 0 unspecified atom stereocenters. The van der Waals surface area contributed by atoms with E-state index in [0.717, 1.165) is 18.2 Å². The molecule has 0 spiro atoms. The van der Waals surface area contributed by atoms with Crippen molar-refractivity contribution < 1.29 is 17.6 Å². The predicted octanol–water partition coefficient (Wildman–Crippen LogP) is 4.67. The van der Waals surface area contributed by atoms with Gasteiger partial charge in [0.15, 0.2) is 0 Å². The summed E-state index contributed by atoms with van der Waals surface area (Å²) >= 11 is 0. The van der Waals surface area contributed by atoms with Gasteiger partial charge in [0.05, 0.1) is 28.4 Å². The Hall–Kier alpha value is -3.06. The second-order valence-corrected chi connectivity index (χ2v) is 5.67. The van der Waals surface area contributed by atoms with Gasteiger partial charge in [0.2, 0.25) is 0 Å². The number of alkyl halides is 3. The van der Waals surface area contributed by atoms with E-state index in [2.05, 4.69) is 0 Å². The lowest BCUT2D eigenvalue weighted by atomic mass is 9.96. The van der Waals surface area contributed by atoms with Gasteiger partial charge in [-0.05, 0) is 48.7 Å². The number of halogens is 4. The summed E-state index contributed by atoms with van der Waals surface area (Å²) < 4.78 is 52.5. The highest BCUT2D eigenvalue weighted by atomic mass is 19.4. The topological polar surface area (TPSA) is 50.8 Å². The Morgan fingerprint density at radius 3 is 2.36 bits per heavy atom. The fourth-order valence-corrected chi connectivity index (χ4v) is 3.09. The van der Waals surface area contributed by atoms with Crippen molar-refractivity contribution in [3.05, 3.63) is 58.4 Å². The molecule has 0 atom stereocenters. The average Bonchev–Trinajstić information content (AvgIpc) is 2.58. The third-order valence-corrected chi connectivity index (χ3v) is 4.11. The minimum atomic E-state index is -4.62. The fraction of sp³-hybridized carbons (Fsp3) is 0.222. The lowest BCUT2D eigenvalue weighted by Gasteiger charge is -2.32. The van der Waals surface area contributed by atoms with Crippen molar-refractivity contribution in [1.29, 1.82) is 10.5 Å². The summed E-state index contributed by atoms with van der Waals surface area (Å²) in [6.45, 7) is 0.462. The minimum absolute atomic E-state index is 0.119. The summed E-state index contributed by atoms with van der Waals surface area (Å²) in [6, 6.07) is 9.22. The van der Waals surface area contributed by atoms with Crippen molar-refractivity contribution in [3.8, 4) is 12.1 Å². The molecule has 0 N–H and O–H groups in total. The molecule has 0 fully saturated rings. The summed E-state index contributed by atoms with van der Waals surface area (Å²) in [5, 5.41) is 18.4. The van der Waals surface area contributed by atoms with Gasteiger partial charge in [-0.15, -0.1) is 0 Å². The van der Waals surface area contributed by atoms with Crippen molar-refractivity contribution in [2.45, 2.75) is 19.0 Å². The summed E-state index contributed by atoms with van der Waals surface area (Å²) in [6.07, 6.45) is -3.39. The number of nitriles is 2. The van der Waals surface area contributed by atoms with Crippen LogP contribution in [0.15, 0.2) is 30.3 Å². The lowest BCUT2D eigenvalue weighted by molar-refractivity contribution is -0.137. The van der Waals surface area contributed by atoms with E-state index in [1.807, 2.05) is 6.07 Å². The first-order valence-corrected chi connectivity index (χ1v) is 7.46. The third kappa shape index (κ3) is 3.01. The third-order valence-electron chi connectivity index (χ3n) is 4.11. The summed E-state index contributed by atoms with van der Waals surface area (Å²) in [5.74, 6) is -0.526. The summed E-state index contributed by atoms with van der Waals surface area (Å²) in [4.78, 5) is 1.66. The summed E-state index contributed by atoms with van der Waals surface area (Å²) in [7, 11) is 0. The Morgan fingerprint density at radius 2 is 1.72 bits per heavy atom. The molecule has 0 saturated carbocycles. The maximum atomic E-state index is 13.6. The molecule has 0 aliphatic carbocycles. The van der Waals surface area contributed by atoms with Gasteiger partial charge in [0.25, 0.3) is 0 Å². The molecular formula is C18H11F4N3. The van der Waals surface area contributed by atoms with Crippen LogP contribution in [0.5, 0.6) is 0 Å². The van der Waals surface area contributed by atoms with E-state index in [1.54, 1.807) is 11.0 Å². The van der Waals surface area contributed by atoms with Gasteiger partial charge in [-0.3, -0.25) is 0 Å². The maximum Gasteiger partial charge on any atom is 0.417 e. The number of benzene rings is 2. The van der Waals surface area contributed by atoms with E-state index in [-0.39, 0.29) is 5.56 Å². The molecule has 2 aromatic rings. The van der Waals surface area contributed by atoms with Crippen LogP contribution in [0.4, 0.5) is 28.9 Å². The van der Waals surface area contributed by atoms with Gasteiger partial charge in [-0.25, -0.2) is 4.39 Å². The predicted molar refractivity (Wildman–Crippen MR) is 82.6 cm³/mol. The second kappa shape index (κ2) is 6.10. The van der Waals surface area contributed by atoms with Crippen molar-refractivity contribution in [2.24, 2.45) is 0 Å². The zero-order valence-electron chi connectivity index (χ0n) is 12.9. The van der Waals surface area contributed by atoms with Gasteiger partial charge in [0, 0.05) is 12.2 Å². The highest BCUT2D eigenvalue weighted by Crippen LogP contribution is 2.39. The zero-order chi connectivity index (χ0) is 18.2. The van der Waals surface area contributed by atoms with E-state index in [0.29, 0.717) is 36.3 Å².